The lowest BCUT2D eigenvalue weighted by Gasteiger charge is -2.16. The molecule has 1 aromatic heterocycles. The van der Waals surface area contributed by atoms with E-state index in [-0.39, 0.29) is 22.5 Å². The largest absolute Gasteiger partial charge is 0.490 e. The number of rotatable bonds is 12. The molecule has 0 radical (unpaired) electrons. The first-order valence-electron chi connectivity index (χ1n) is 13.4. The Balaban J connectivity index is 1.72. The molecule has 1 amide bonds. The van der Waals surface area contributed by atoms with Crippen molar-refractivity contribution >= 4 is 17.3 Å². The van der Waals surface area contributed by atoms with Crippen LogP contribution in [0, 0.1) is 10.1 Å². The van der Waals surface area contributed by atoms with Crippen LogP contribution in [0.4, 0.5) is 5.69 Å². The van der Waals surface area contributed by atoms with Gasteiger partial charge in [-0.15, -0.1) is 0 Å². The number of nitrogens with zero attached hydrogens (tertiary/aromatic N) is 3. The van der Waals surface area contributed by atoms with Crippen molar-refractivity contribution in [2.24, 2.45) is 5.10 Å². The predicted octanol–water partition coefficient (Wildman–Crippen LogP) is 5.09. The van der Waals surface area contributed by atoms with E-state index in [4.69, 9.17) is 14.2 Å². The van der Waals surface area contributed by atoms with Gasteiger partial charge in [-0.2, -0.15) is 5.10 Å². The highest BCUT2D eigenvalue weighted by Crippen LogP contribution is 2.39. The number of non-ortho nitro benzene ring substituents is 1. The number of benzene rings is 3. The minimum Gasteiger partial charge on any atom is -0.490 e. The number of nitro groups is 1. The summed E-state index contributed by atoms with van der Waals surface area (Å²) in [6, 6.07) is 17.8. The van der Waals surface area contributed by atoms with E-state index in [1.807, 2.05) is 51.1 Å². The molecule has 218 valence electrons. The molecule has 0 saturated carbocycles. The molecule has 4 aromatic rings. The number of nitro benzene ring substituents is 1. The number of hydrazone groups is 1. The first-order valence-corrected chi connectivity index (χ1v) is 13.4. The molecule has 4 rings (SSSR count). The van der Waals surface area contributed by atoms with Gasteiger partial charge >= 0.3 is 0 Å². The summed E-state index contributed by atoms with van der Waals surface area (Å²) in [7, 11) is 0. The zero-order valence-electron chi connectivity index (χ0n) is 23.7. The Morgan fingerprint density at radius 3 is 2.10 bits per heavy atom. The summed E-state index contributed by atoms with van der Waals surface area (Å²) in [6.07, 6.45) is 0. The van der Waals surface area contributed by atoms with Crippen molar-refractivity contribution in [1.29, 1.82) is 0 Å². The van der Waals surface area contributed by atoms with E-state index in [1.165, 1.54) is 28.9 Å². The van der Waals surface area contributed by atoms with Crippen molar-refractivity contribution in [1.82, 2.24) is 15.2 Å². The van der Waals surface area contributed by atoms with Crippen molar-refractivity contribution in [3.63, 3.8) is 0 Å². The highest BCUT2D eigenvalue weighted by atomic mass is 16.6. The third-order valence-corrected chi connectivity index (χ3v) is 6.13. The maximum atomic E-state index is 13.6. The smallest absolute Gasteiger partial charge is 0.281 e. The van der Waals surface area contributed by atoms with Crippen LogP contribution in [-0.4, -0.2) is 46.1 Å². The standard InChI is InChI=1S/C30H31N5O7/c1-5-40-24-17-21(18-25(41-6-2)28(24)42-7-3)29(36)32-31-19(4)26-27(20-11-9-8-10-12-20)33-34(30(26)37)22-13-15-23(16-14-22)35(38)39/h8-18,33H,5-7H2,1-4H3,(H,32,36)/b31-19+. The molecular formula is C30H31N5O7. The van der Waals surface area contributed by atoms with Crippen molar-refractivity contribution in [2.45, 2.75) is 27.7 Å². The van der Waals surface area contributed by atoms with Crippen LogP contribution in [0.5, 0.6) is 17.2 Å². The molecule has 2 N–H and O–H groups in total. The summed E-state index contributed by atoms with van der Waals surface area (Å²) in [6.45, 7) is 8.17. The summed E-state index contributed by atoms with van der Waals surface area (Å²) < 4.78 is 18.4. The Kier molecular flexibility index (Phi) is 9.38. The first-order chi connectivity index (χ1) is 20.3. The molecule has 0 aliphatic carbocycles. The Morgan fingerprint density at radius 1 is 0.952 bits per heavy atom. The number of hydrogen-bond donors (Lipinski definition) is 2. The third-order valence-electron chi connectivity index (χ3n) is 6.13. The van der Waals surface area contributed by atoms with Crippen molar-refractivity contribution in [3.8, 4) is 34.2 Å². The monoisotopic (exact) mass is 573 g/mol. The molecule has 42 heavy (non-hydrogen) atoms. The van der Waals surface area contributed by atoms with E-state index in [0.29, 0.717) is 54.0 Å². The predicted molar refractivity (Wildman–Crippen MR) is 158 cm³/mol. The molecule has 0 saturated heterocycles. The number of H-pyrrole nitrogens is 1. The van der Waals surface area contributed by atoms with E-state index in [1.54, 1.807) is 19.1 Å². The van der Waals surface area contributed by atoms with Gasteiger partial charge in [0.05, 0.1) is 47.4 Å². The summed E-state index contributed by atoms with van der Waals surface area (Å²) in [4.78, 5) is 37.4. The molecule has 12 nitrogen and oxygen atoms in total. The highest BCUT2D eigenvalue weighted by molar-refractivity contribution is 6.04. The van der Waals surface area contributed by atoms with Crippen LogP contribution in [0.15, 0.2) is 76.6 Å². The molecule has 0 atom stereocenters. The number of nitrogens with one attached hydrogen (secondary N) is 2. The van der Waals surface area contributed by atoms with Gasteiger partial charge < -0.3 is 14.2 Å². The van der Waals surface area contributed by atoms with E-state index >= 15 is 0 Å². The summed E-state index contributed by atoms with van der Waals surface area (Å²) in [5.41, 5.74) is 4.23. The molecule has 3 aromatic carbocycles. The molecule has 1 heterocycles. The molecule has 0 aliphatic rings. The number of aromatic amines is 1. The van der Waals surface area contributed by atoms with Gasteiger partial charge in [-0.3, -0.25) is 24.8 Å². The minimum absolute atomic E-state index is 0.100. The Bertz CT molecular complexity index is 1630. The molecule has 0 spiro atoms. The van der Waals surface area contributed by atoms with E-state index in [2.05, 4.69) is 15.6 Å². The normalized spacial score (nSPS) is 11.2. The zero-order chi connectivity index (χ0) is 30.2. The van der Waals surface area contributed by atoms with Gasteiger partial charge in [0.15, 0.2) is 11.5 Å². The fraction of sp³-hybridized carbons (Fsp3) is 0.233. The highest BCUT2D eigenvalue weighted by Gasteiger charge is 2.21. The molecular weight excluding hydrogens is 542 g/mol. The van der Waals surface area contributed by atoms with Gasteiger partial charge in [0, 0.05) is 23.3 Å². The maximum Gasteiger partial charge on any atom is 0.281 e. The zero-order valence-corrected chi connectivity index (χ0v) is 23.7. The van der Waals surface area contributed by atoms with Crippen molar-refractivity contribution in [3.05, 3.63) is 98.3 Å². The summed E-state index contributed by atoms with van der Waals surface area (Å²) >= 11 is 0. The van der Waals surface area contributed by atoms with Gasteiger partial charge in [-0.1, -0.05) is 30.3 Å². The van der Waals surface area contributed by atoms with Crippen LogP contribution in [0.25, 0.3) is 16.9 Å². The number of amides is 1. The number of hydrogen-bond acceptors (Lipinski definition) is 8. The van der Waals surface area contributed by atoms with Crippen molar-refractivity contribution < 1.29 is 23.9 Å². The van der Waals surface area contributed by atoms with Crippen LogP contribution in [0.1, 0.15) is 43.6 Å². The van der Waals surface area contributed by atoms with E-state index in [0.717, 1.165) is 0 Å². The fourth-order valence-corrected chi connectivity index (χ4v) is 4.27. The van der Waals surface area contributed by atoms with Crippen LogP contribution in [0.3, 0.4) is 0 Å². The Hall–Kier alpha value is -5.39. The van der Waals surface area contributed by atoms with Gasteiger partial charge in [0.2, 0.25) is 5.75 Å². The molecule has 12 heteroatoms. The second-order valence-electron chi connectivity index (χ2n) is 8.88. The fourth-order valence-electron chi connectivity index (χ4n) is 4.27. The average molecular weight is 574 g/mol. The summed E-state index contributed by atoms with van der Waals surface area (Å²) in [5.74, 6) is 0.578. The van der Waals surface area contributed by atoms with Crippen molar-refractivity contribution in [2.75, 3.05) is 19.8 Å². The van der Waals surface area contributed by atoms with Crippen LogP contribution in [-0.2, 0) is 0 Å². The number of aromatic nitrogens is 2. The third kappa shape index (κ3) is 6.33. The Labute approximate surface area is 241 Å². The quantitative estimate of drug-likeness (QED) is 0.136. The lowest BCUT2D eigenvalue weighted by molar-refractivity contribution is -0.384. The number of carbonyl (C=O) groups excluding carboxylic acids is 1. The Morgan fingerprint density at radius 2 is 1.55 bits per heavy atom. The topological polar surface area (TPSA) is 150 Å². The van der Waals surface area contributed by atoms with E-state index < -0.39 is 16.4 Å². The maximum absolute atomic E-state index is 13.6. The van der Waals surface area contributed by atoms with Gasteiger partial charge in [0.1, 0.15) is 0 Å². The summed E-state index contributed by atoms with van der Waals surface area (Å²) in [5, 5.41) is 18.4. The van der Waals surface area contributed by atoms with Gasteiger partial charge in [0.25, 0.3) is 17.2 Å². The second kappa shape index (κ2) is 13.3. The SMILES string of the molecule is CCOc1cc(C(=O)N/N=C(\C)c2c(-c3ccccc3)[nH]n(-c3ccc([N+](=O)[O-])cc3)c2=O)cc(OCC)c1OCC. The van der Waals surface area contributed by atoms with E-state index in [9.17, 15) is 19.7 Å². The molecule has 0 fully saturated rings. The lowest BCUT2D eigenvalue weighted by atomic mass is 10.1. The lowest BCUT2D eigenvalue weighted by Crippen LogP contribution is -2.23. The first kappa shape index (κ1) is 29.6. The molecule has 0 bridgehead atoms. The number of ether oxygens (including phenoxy) is 3. The van der Waals surface area contributed by atoms with Crippen LogP contribution >= 0.6 is 0 Å². The average Bonchev–Trinajstić information content (AvgIpc) is 3.34. The van der Waals surface area contributed by atoms with Gasteiger partial charge in [-0.25, -0.2) is 10.1 Å². The minimum atomic E-state index is -0.549. The molecule has 0 aliphatic heterocycles. The van der Waals surface area contributed by atoms with Crippen LogP contribution in [0.2, 0.25) is 0 Å². The molecule has 0 unspecified atom stereocenters. The van der Waals surface area contributed by atoms with Gasteiger partial charge in [-0.05, 0) is 52.0 Å². The second-order valence-corrected chi connectivity index (χ2v) is 8.88. The van der Waals surface area contributed by atoms with Crippen LogP contribution < -0.4 is 25.2 Å². The number of carbonyl (C=O) groups is 1.